The van der Waals surface area contributed by atoms with Gasteiger partial charge in [0, 0.05) is 21.4 Å². The zero-order chi connectivity index (χ0) is 33.7. The SMILES string of the molecule is Cc1[nH]n(-c2cccc(C(F)(F)F)c2)c(=O)c1C(c1cc(Br)ccc1OC(F)F)c1c(C)[nH]n(-c2cccc(C(F)(F)F)c2)c1=O. The topological polar surface area (TPSA) is 84.8 Å². The smallest absolute Gasteiger partial charge is 0.416 e. The summed E-state index contributed by atoms with van der Waals surface area (Å²) in [4.78, 5) is 28.0. The Kier molecular flexibility index (Phi) is 8.53. The van der Waals surface area contributed by atoms with Crippen molar-refractivity contribution in [3.8, 4) is 17.1 Å². The second kappa shape index (κ2) is 12.0. The van der Waals surface area contributed by atoms with Crippen LogP contribution in [0.1, 0.15) is 45.1 Å². The van der Waals surface area contributed by atoms with Gasteiger partial charge in [-0.25, -0.2) is 9.36 Å². The third-order valence-electron chi connectivity index (χ3n) is 7.17. The van der Waals surface area contributed by atoms with Gasteiger partial charge in [0.25, 0.3) is 11.1 Å². The predicted molar refractivity (Wildman–Crippen MR) is 154 cm³/mol. The lowest BCUT2D eigenvalue weighted by atomic mass is 9.84. The normalized spacial score (nSPS) is 12.4. The third-order valence-corrected chi connectivity index (χ3v) is 7.67. The van der Waals surface area contributed by atoms with Crippen LogP contribution in [0.3, 0.4) is 0 Å². The molecule has 5 aromatic rings. The molecule has 0 saturated carbocycles. The number of rotatable bonds is 7. The standard InChI is InChI=1S/C30H21BrF8N4O3/c1-14-23(26(44)42(40-14)19-7-3-5-16(11-19)29(34,35)36)25(21-13-18(31)9-10-22(21)46-28(32)33)24-15(2)41-43(27(24)45)20-8-4-6-17(12-20)30(37,38)39/h3-13,25,28,40-41H,1-2H3. The van der Waals surface area contributed by atoms with Crippen molar-refractivity contribution in [3.05, 3.63) is 131 Å². The van der Waals surface area contributed by atoms with Gasteiger partial charge in [0.1, 0.15) is 5.75 Å². The van der Waals surface area contributed by atoms with Gasteiger partial charge in [-0.15, -0.1) is 0 Å². The maximum absolute atomic E-state index is 14.0. The molecule has 0 aliphatic heterocycles. The summed E-state index contributed by atoms with van der Waals surface area (Å²) >= 11 is 3.25. The first kappa shape index (κ1) is 32.8. The molecule has 0 atom stereocenters. The van der Waals surface area contributed by atoms with Gasteiger partial charge in [-0.2, -0.15) is 35.1 Å². The van der Waals surface area contributed by atoms with Gasteiger partial charge in [0.2, 0.25) is 0 Å². The molecule has 3 aromatic carbocycles. The van der Waals surface area contributed by atoms with Crippen LogP contribution in [0.4, 0.5) is 35.1 Å². The molecular formula is C30H21BrF8N4O3. The van der Waals surface area contributed by atoms with Gasteiger partial charge in [-0.1, -0.05) is 28.1 Å². The molecule has 2 N–H and O–H groups in total. The number of ether oxygens (including phenoxy) is 1. The number of hydrogen-bond donors (Lipinski definition) is 2. The van der Waals surface area contributed by atoms with Gasteiger partial charge in [-0.3, -0.25) is 19.8 Å². The molecule has 5 rings (SSSR count). The minimum atomic E-state index is -4.73. The van der Waals surface area contributed by atoms with Crippen LogP contribution in [0.2, 0.25) is 0 Å². The lowest BCUT2D eigenvalue weighted by Gasteiger charge is -2.20. The van der Waals surface area contributed by atoms with E-state index in [2.05, 4.69) is 26.1 Å². The highest BCUT2D eigenvalue weighted by atomic mass is 79.9. The number of benzene rings is 3. The van der Waals surface area contributed by atoms with Crippen LogP contribution >= 0.6 is 15.9 Å². The van der Waals surface area contributed by atoms with E-state index in [9.17, 15) is 44.7 Å². The van der Waals surface area contributed by atoms with Gasteiger partial charge >= 0.3 is 19.0 Å². The fourth-order valence-corrected chi connectivity index (χ4v) is 5.59. The molecule has 0 radical (unpaired) electrons. The summed E-state index contributed by atoms with van der Waals surface area (Å²) < 4.78 is 115. The Bertz CT molecular complexity index is 1920. The van der Waals surface area contributed by atoms with E-state index < -0.39 is 52.9 Å². The Morgan fingerprint density at radius 1 is 0.717 bits per heavy atom. The zero-order valence-electron chi connectivity index (χ0n) is 23.5. The average Bonchev–Trinajstić information content (AvgIpc) is 3.43. The molecule has 0 saturated heterocycles. The maximum Gasteiger partial charge on any atom is 0.416 e. The molecule has 0 spiro atoms. The molecule has 0 unspecified atom stereocenters. The van der Waals surface area contributed by atoms with Crippen molar-refractivity contribution < 1.29 is 39.9 Å². The quantitative estimate of drug-likeness (QED) is 0.168. The van der Waals surface area contributed by atoms with Crippen LogP contribution in [0.15, 0.2) is 80.8 Å². The molecule has 7 nitrogen and oxygen atoms in total. The number of hydrogen-bond acceptors (Lipinski definition) is 3. The van der Waals surface area contributed by atoms with E-state index in [0.29, 0.717) is 4.47 Å². The van der Waals surface area contributed by atoms with Crippen molar-refractivity contribution in [1.29, 1.82) is 0 Å². The Morgan fingerprint density at radius 3 is 1.59 bits per heavy atom. The fraction of sp³-hybridized carbons (Fsp3) is 0.200. The average molecular weight is 717 g/mol. The maximum atomic E-state index is 14.0. The molecule has 0 bridgehead atoms. The second-order valence-corrected chi connectivity index (χ2v) is 11.1. The van der Waals surface area contributed by atoms with E-state index >= 15 is 0 Å². The summed E-state index contributed by atoms with van der Waals surface area (Å²) in [6.45, 7) is -0.539. The Hall–Kier alpha value is -4.60. The van der Waals surface area contributed by atoms with E-state index in [1.807, 2.05) is 0 Å². The van der Waals surface area contributed by atoms with Crippen LogP contribution in [-0.4, -0.2) is 26.2 Å². The Labute approximate surface area is 262 Å². The number of halogens is 9. The van der Waals surface area contributed by atoms with Crippen LogP contribution in [0.5, 0.6) is 5.75 Å². The monoisotopic (exact) mass is 716 g/mol. The lowest BCUT2D eigenvalue weighted by Crippen LogP contribution is -2.26. The van der Waals surface area contributed by atoms with Gasteiger partial charge in [0.05, 0.1) is 39.5 Å². The highest BCUT2D eigenvalue weighted by Crippen LogP contribution is 2.40. The molecule has 2 aromatic heterocycles. The van der Waals surface area contributed by atoms with Crippen molar-refractivity contribution in [2.45, 2.75) is 38.7 Å². The minimum absolute atomic E-state index is 0.0565. The summed E-state index contributed by atoms with van der Waals surface area (Å²) in [6, 6.07) is 11.6. The molecule has 16 heteroatoms. The summed E-state index contributed by atoms with van der Waals surface area (Å²) in [7, 11) is 0. The molecule has 0 aliphatic rings. The van der Waals surface area contributed by atoms with Crippen LogP contribution in [0.25, 0.3) is 11.4 Å². The summed E-state index contributed by atoms with van der Waals surface area (Å²) in [5.74, 6) is -1.93. The van der Waals surface area contributed by atoms with E-state index in [1.54, 1.807) is 0 Å². The first-order valence-corrected chi connectivity index (χ1v) is 14.0. The number of aromatic nitrogens is 4. The van der Waals surface area contributed by atoms with Crippen molar-refractivity contribution in [2.75, 3.05) is 0 Å². The summed E-state index contributed by atoms with van der Waals surface area (Å²) in [6.07, 6.45) is -9.47. The summed E-state index contributed by atoms with van der Waals surface area (Å²) in [5.41, 5.74) is -4.79. The van der Waals surface area contributed by atoms with E-state index in [-0.39, 0.29) is 39.5 Å². The molecule has 0 amide bonds. The first-order chi connectivity index (χ1) is 21.5. The zero-order valence-corrected chi connectivity index (χ0v) is 25.1. The Balaban J connectivity index is 1.80. The first-order valence-electron chi connectivity index (χ1n) is 13.2. The number of H-pyrrole nitrogens is 2. The highest BCUT2D eigenvalue weighted by molar-refractivity contribution is 9.10. The molecule has 46 heavy (non-hydrogen) atoms. The number of alkyl halides is 8. The number of aromatic amines is 2. The fourth-order valence-electron chi connectivity index (χ4n) is 5.21. The minimum Gasteiger partial charge on any atom is -0.435 e. The summed E-state index contributed by atoms with van der Waals surface area (Å²) in [5, 5.41) is 5.39. The van der Waals surface area contributed by atoms with Gasteiger partial charge in [0.15, 0.2) is 0 Å². The van der Waals surface area contributed by atoms with Crippen LogP contribution in [0, 0.1) is 13.8 Å². The molecule has 242 valence electrons. The van der Waals surface area contributed by atoms with Gasteiger partial charge in [-0.05, 0) is 68.4 Å². The van der Waals surface area contributed by atoms with Crippen molar-refractivity contribution in [1.82, 2.24) is 19.6 Å². The largest absolute Gasteiger partial charge is 0.435 e. The van der Waals surface area contributed by atoms with Crippen LogP contribution < -0.4 is 15.9 Å². The Morgan fingerprint density at radius 2 is 1.17 bits per heavy atom. The molecule has 0 aliphatic carbocycles. The second-order valence-electron chi connectivity index (χ2n) is 10.2. The van der Waals surface area contributed by atoms with Crippen molar-refractivity contribution in [3.63, 3.8) is 0 Å². The number of aryl methyl sites for hydroxylation is 2. The van der Waals surface area contributed by atoms with E-state index in [1.165, 1.54) is 44.2 Å². The molecule has 2 heterocycles. The van der Waals surface area contributed by atoms with Crippen LogP contribution in [-0.2, 0) is 12.4 Å². The van der Waals surface area contributed by atoms with E-state index in [0.717, 1.165) is 45.8 Å². The van der Waals surface area contributed by atoms with E-state index in [4.69, 9.17) is 4.74 Å². The van der Waals surface area contributed by atoms with Crippen molar-refractivity contribution >= 4 is 15.9 Å². The molecule has 0 fully saturated rings. The molecular weight excluding hydrogens is 696 g/mol. The highest BCUT2D eigenvalue weighted by Gasteiger charge is 2.35. The number of nitrogens with one attached hydrogen (secondary N) is 2. The lowest BCUT2D eigenvalue weighted by molar-refractivity contribution is -0.138. The third kappa shape index (κ3) is 6.25. The number of nitrogens with zero attached hydrogens (tertiary/aromatic N) is 2. The van der Waals surface area contributed by atoms with Gasteiger partial charge < -0.3 is 4.74 Å². The predicted octanol–water partition coefficient (Wildman–Crippen LogP) is 7.84. The van der Waals surface area contributed by atoms with Crippen molar-refractivity contribution in [2.24, 2.45) is 0 Å².